The fourth-order valence-corrected chi connectivity index (χ4v) is 2.57. The van der Waals surface area contributed by atoms with Crippen molar-refractivity contribution >= 4 is 29.1 Å². The average Bonchev–Trinajstić information content (AvgIpc) is 2.96. The molecule has 0 bridgehead atoms. The van der Waals surface area contributed by atoms with Crippen molar-refractivity contribution in [2.75, 3.05) is 5.73 Å². The van der Waals surface area contributed by atoms with Gasteiger partial charge in [-0.25, -0.2) is 0 Å². The first kappa shape index (κ1) is 13.9. The first-order valence-electron chi connectivity index (χ1n) is 6.13. The minimum Gasteiger partial charge on any atom is -0.397 e. The van der Waals surface area contributed by atoms with Crippen LogP contribution in [-0.2, 0) is 5.75 Å². The van der Waals surface area contributed by atoms with Crippen molar-refractivity contribution < 1.29 is 4.52 Å². The van der Waals surface area contributed by atoms with E-state index in [0.717, 1.165) is 4.90 Å². The molecule has 3 rings (SSSR count). The van der Waals surface area contributed by atoms with Crippen LogP contribution < -0.4 is 5.73 Å². The van der Waals surface area contributed by atoms with Gasteiger partial charge in [0.05, 0.1) is 23.2 Å². The minimum absolute atomic E-state index is 0.404. The molecule has 2 aromatic heterocycles. The smallest absolute Gasteiger partial charge is 0.260 e. The summed E-state index contributed by atoms with van der Waals surface area (Å²) in [6, 6.07) is 9.36. The number of rotatable bonds is 4. The highest BCUT2D eigenvalue weighted by molar-refractivity contribution is 7.98. The predicted octanol–water partition coefficient (Wildman–Crippen LogP) is 3.66. The molecule has 7 heteroatoms. The molecule has 0 radical (unpaired) electrons. The van der Waals surface area contributed by atoms with Gasteiger partial charge in [0.2, 0.25) is 0 Å². The number of hydrogen-bond acceptors (Lipinski definition) is 6. The zero-order valence-corrected chi connectivity index (χ0v) is 12.4. The van der Waals surface area contributed by atoms with Gasteiger partial charge in [0.25, 0.3) is 5.89 Å². The average molecular weight is 319 g/mol. The molecule has 0 saturated heterocycles. The van der Waals surface area contributed by atoms with E-state index in [2.05, 4.69) is 15.1 Å². The molecule has 106 valence electrons. The predicted molar refractivity (Wildman–Crippen MR) is 83.0 cm³/mol. The van der Waals surface area contributed by atoms with E-state index in [9.17, 15) is 0 Å². The SMILES string of the molecule is Nc1cnccc1-c1nc(CSc2ccc(Cl)cc2)no1. The molecule has 3 aromatic rings. The lowest BCUT2D eigenvalue weighted by Gasteiger charge is -1.98. The molecule has 0 unspecified atom stereocenters. The fraction of sp³-hybridized carbons (Fsp3) is 0.0714. The number of nitrogens with zero attached hydrogens (tertiary/aromatic N) is 3. The van der Waals surface area contributed by atoms with Crippen molar-refractivity contribution in [1.82, 2.24) is 15.1 Å². The third kappa shape index (κ3) is 3.34. The van der Waals surface area contributed by atoms with E-state index in [-0.39, 0.29) is 0 Å². The Morgan fingerprint density at radius 1 is 1.19 bits per heavy atom. The van der Waals surface area contributed by atoms with Gasteiger partial charge in [-0.05, 0) is 30.3 Å². The van der Waals surface area contributed by atoms with Crippen LogP contribution in [0.5, 0.6) is 0 Å². The highest BCUT2D eigenvalue weighted by Crippen LogP contribution is 2.26. The maximum absolute atomic E-state index is 5.85. The maximum Gasteiger partial charge on any atom is 0.260 e. The number of halogens is 1. The van der Waals surface area contributed by atoms with Crippen LogP contribution in [0.15, 0.2) is 52.1 Å². The van der Waals surface area contributed by atoms with Gasteiger partial charge in [0.15, 0.2) is 5.82 Å². The molecule has 0 amide bonds. The first-order valence-corrected chi connectivity index (χ1v) is 7.49. The second-order valence-corrected chi connectivity index (χ2v) is 5.71. The Labute approximate surface area is 130 Å². The molecule has 0 spiro atoms. The summed E-state index contributed by atoms with van der Waals surface area (Å²) in [7, 11) is 0. The molecule has 21 heavy (non-hydrogen) atoms. The minimum atomic E-state index is 0.404. The van der Waals surface area contributed by atoms with Crippen molar-refractivity contribution in [3.63, 3.8) is 0 Å². The largest absolute Gasteiger partial charge is 0.397 e. The molecule has 1 aromatic carbocycles. The van der Waals surface area contributed by atoms with Crippen molar-refractivity contribution in [2.24, 2.45) is 0 Å². The van der Waals surface area contributed by atoms with Crippen LogP contribution >= 0.6 is 23.4 Å². The summed E-state index contributed by atoms with van der Waals surface area (Å²) in [6.45, 7) is 0. The summed E-state index contributed by atoms with van der Waals surface area (Å²) >= 11 is 7.46. The van der Waals surface area contributed by atoms with Gasteiger partial charge in [0, 0.05) is 16.1 Å². The molecule has 0 aliphatic heterocycles. The van der Waals surface area contributed by atoms with Crippen LogP contribution in [0.3, 0.4) is 0 Å². The quantitative estimate of drug-likeness (QED) is 0.740. The van der Waals surface area contributed by atoms with Gasteiger partial charge in [-0.3, -0.25) is 4.98 Å². The van der Waals surface area contributed by atoms with Gasteiger partial charge in [-0.15, -0.1) is 11.8 Å². The topological polar surface area (TPSA) is 77.8 Å². The number of benzene rings is 1. The summed E-state index contributed by atoms with van der Waals surface area (Å²) < 4.78 is 5.24. The van der Waals surface area contributed by atoms with Gasteiger partial charge in [0.1, 0.15) is 0 Å². The number of aromatic nitrogens is 3. The van der Waals surface area contributed by atoms with Gasteiger partial charge in [-0.1, -0.05) is 16.8 Å². The lowest BCUT2D eigenvalue weighted by atomic mass is 10.2. The summed E-state index contributed by atoms with van der Waals surface area (Å²) in [5, 5.41) is 4.67. The summed E-state index contributed by atoms with van der Waals surface area (Å²) in [6.07, 6.45) is 3.19. The normalized spacial score (nSPS) is 10.7. The van der Waals surface area contributed by atoms with E-state index in [4.69, 9.17) is 21.9 Å². The number of nitrogens with two attached hydrogens (primary N) is 1. The van der Waals surface area contributed by atoms with Gasteiger partial charge < -0.3 is 10.3 Å². The summed E-state index contributed by atoms with van der Waals surface area (Å²) in [5.41, 5.74) is 7.04. The molecule has 0 fully saturated rings. The number of nitrogen functional groups attached to an aromatic ring is 1. The fourth-order valence-electron chi connectivity index (χ4n) is 1.70. The molecule has 0 atom stereocenters. The zero-order chi connectivity index (χ0) is 14.7. The highest BCUT2D eigenvalue weighted by Gasteiger charge is 2.11. The molecule has 2 heterocycles. The van der Waals surface area contributed by atoms with Crippen molar-refractivity contribution in [1.29, 1.82) is 0 Å². The molecule has 0 saturated carbocycles. The Morgan fingerprint density at radius 3 is 2.76 bits per heavy atom. The summed E-state index contributed by atoms with van der Waals surface area (Å²) in [5.74, 6) is 1.62. The molecule has 5 nitrogen and oxygen atoms in total. The summed E-state index contributed by atoms with van der Waals surface area (Å²) in [4.78, 5) is 9.36. The van der Waals surface area contributed by atoms with E-state index >= 15 is 0 Å². The van der Waals surface area contributed by atoms with Crippen molar-refractivity contribution in [3.8, 4) is 11.5 Å². The number of thioether (sulfide) groups is 1. The van der Waals surface area contributed by atoms with Crippen LogP contribution in [0, 0.1) is 0 Å². The van der Waals surface area contributed by atoms with E-state index in [1.54, 1.807) is 30.2 Å². The van der Waals surface area contributed by atoms with E-state index in [1.165, 1.54) is 0 Å². The van der Waals surface area contributed by atoms with Gasteiger partial charge in [-0.2, -0.15) is 4.98 Å². The van der Waals surface area contributed by atoms with Crippen LogP contribution in [0.4, 0.5) is 5.69 Å². The van der Waals surface area contributed by atoms with Crippen molar-refractivity contribution in [2.45, 2.75) is 10.6 Å². The number of anilines is 1. The van der Waals surface area contributed by atoms with Crippen molar-refractivity contribution in [3.05, 3.63) is 53.6 Å². The Bertz CT molecular complexity index is 745. The van der Waals surface area contributed by atoms with Crippen LogP contribution in [-0.4, -0.2) is 15.1 Å². The van der Waals surface area contributed by atoms with E-state index < -0.39 is 0 Å². The van der Waals surface area contributed by atoms with Crippen LogP contribution in [0.1, 0.15) is 5.82 Å². The third-order valence-corrected chi connectivity index (χ3v) is 3.99. The molecule has 0 aliphatic carbocycles. The van der Waals surface area contributed by atoms with Crippen LogP contribution in [0.2, 0.25) is 5.02 Å². The maximum atomic E-state index is 5.85. The Balaban J connectivity index is 1.71. The molecule has 2 N–H and O–H groups in total. The second-order valence-electron chi connectivity index (χ2n) is 4.22. The Morgan fingerprint density at radius 2 is 2.00 bits per heavy atom. The number of pyridine rings is 1. The van der Waals surface area contributed by atoms with E-state index in [0.29, 0.717) is 33.7 Å². The standard InChI is InChI=1S/C14H11ClN4OS/c15-9-1-3-10(4-2-9)21-8-13-18-14(20-19-13)11-5-6-17-7-12(11)16/h1-7H,8,16H2. The second kappa shape index (κ2) is 6.15. The first-order chi connectivity index (χ1) is 10.2. The van der Waals surface area contributed by atoms with Crippen LogP contribution in [0.25, 0.3) is 11.5 Å². The highest BCUT2D eigenvalue weighted by atomic mass is 35.5. The zero-order valence-electron chi connectivity index (χ0n) is 10.9. The van der Waals surface area contributed by atoms with Gasteiger partial charge >= 0.3 is 0 Å². The Kier molecular flexibility index (Phi) is 4.08. The molecular weight excluding hydrogens is 308 g/mol. The number of hydrogen-bond donors (Lipinski definition) is 1. The van der Waals surface area contributed by atoms with E-state index in [1.807, 2.05) is 24.3 Å². The lowest BCUT2D eigenvalue weighted by Crippen LogP contribution is -1.91. The lowest BCUT2D eigenvalue weighted by molar-refractivity contribution is 0.425. The monoisotopic (exact) mass is 318 g/mol. The Hall–Kier alpha value is -2.05. The molecular formula is C14H11ClN4OS. The molecule has 0 aliphatic rings. The third-order valence-electron chi connectivity index (χ3n) is 2.73.